The first-order chi connectivity index (χ1) is 12.9. The highest BCUT2D eigenvalue weighted by Gasteiger charge is 2.35. The zero-order chi connectivity index (χ0) is 19.4. The molecule has 28 heavy (non-hydrogen) atoms. The van der Waals surface area contributed by atoms with Gasteiger partial charge in [0.25, 0.3) is 0 Å². The number of hydrogen-bond acceptors (Lipinski definition) is 5. The van der Waals surface area contributed by atoms with Crippen molar-refractivity contribution >= 4 is 39.9 Å². The van der Waals surface area contributed by atoms with E-state index in [1.807, 2.05) is 4.90 Å². The van der Waals surface area contributed by atoms with E-state index in [-0.39, 0.29) is 35.2 Å². The van der Waals surface area contributed by atoms with Gasteiger partial charge >= 0.3 is 0 Å². The molecule has 2 heterocycles. The van der Waals surface area contributed by atoms with E-state index in [9.17, 15) is 18.0 Å². The van der Waals surface area contributed by atoms with Gasteiger partial charge in [0, 0.05) is 44.3 Å². The van der Waals surface area contributed by atoms with Crippen molar-refractivity contribution in [2.75, 3.05) is 38.0 Å². The van der Waals surface area contributed by atoms with E-state index in [4.69, 9.17) is 0 Å². The summed E-state index contributed by atoms with van der Waals surface area (Å²) < 4.78 is 27.5. The number of amides is 2. The van der Waals surface area contributed by atoms with E-state index in [0.717, 1.165) is 19.4 Å². The summed E-state index contributed by atoms with van der Waals surface area (Å²) in [5.41, 5.74) is 0.573. The van der Waals surface area contributed by atoms with Gasteiger partial charge in [-0.05, 0) is 37.1 Å². The first kappa shape index (κ1) is 22.6. The van der Waals surface area contributed by atoms with E-state index in [1.165, 1.54) is 16.4 Å². The monoisotopic (exact) mass is 430 g/mol. The second kappa shape index (κ2) is 9.69. The Labute approximate surface area is 172 Å². The molecule has 0 spiro atoms. The molecule has 2 amide bonds. The number of piperazine rings is 1. The predicted octanol–water partition coefficient (Wildman–Crippen LogP) is 1.04. The molecular weight excluding hydrogens is 404 g/mol. The van der Waals surface area contributed by atoms with E-state index in [2.05, 4.69) is 10.6 Å². The molecule has 8 nitrogen and oxygen atoms in total. The Morgan fingerprint density at radius 3 is 2.61 bits per heavy atom. The molecule has 10 heteroatoms. The number of sulfonamides is 1. The van der Waals surface area contributed by atoms with Crippen LogP contribution in [-0.2, 0) is 19.6 Å². The van der Waals surface area contributed by atoms with Crippen LogP contribution in [0.5, 0.6) is 0 Å². The molecular formula is C18H27ClN4O4S. The number of hydrogen-bond donors (Lipinski definition) is 2. The van der Waals surface area contributed by atoms with Crippen LogP contribution in [0.2, 0.25) is 0 Å². The van der Waals surface area contributed by atoms with Crippen molar-refractivity contribution in [1.82, 2.24) is 14.5 Å². The molecule has 0 aliphatic carbocycles. The first-order valence-electron chi connectivity index (χ1n) is 9.32. The van der Waals surface area contributed by atoms with Gasteiger partial charge in [-0.15, -0.1) is 12.4 Å². The quantitative estimate of drug-likeness (QED) is 0.727. The minimum Gasteiger partial charge on any atom is -0.336 e. The lowest BCUT2D eigenvalue weighted by atomic mass is 10.1. The Balaban J connectivity index is 0.00000280. The summed E-state index contributed by atoms with van der Waals surface area (Å²) in [6, 6.07) is 6.15. The summed E-state index contributed by atoms with van der Waals surface area (Å²) in [5.74, 6) is -0.0910. The molecule has 1 aromatic carbocycles. The number of carbonyl (C=O) groups excluding carboxylic acids is 2. The van der Waals surface area contributed by atoms with Gasteiger partial charge in [0.2, 0.25) is 21.8 Å². The third-order valence-electron chi connectivity index (χ3n) is 5.02. The van der Waals surface area contributed by atoms with Crippen LogP contribution in [0.3, 0.4) is 0 Å². The lowest BCUT2D eigenvalue weighted by Crippen LogP contribution is -2.57. The fourth-order valence-electron chi connectivity index (χ4n) is 3.51. The van der Waals surface area contributed by atoms with E-state index in [1.54, 1.807) is 19.1 Å². The van der Waals surface area contributed by atoms with Crippen LogP contribution in [0.1, 0.15) is 26.2 Å². The first-order valence-corrected chi connectivity index (χ1v) is 10.8. The number of piperidine rings is 1. The molecule has 3 rings (SSSR count). The lowest BCUT2D eigenvalue weighted by Gasteiger charge is -2.40. The van der Waals surface area contributed by atoms with Crippen molar-refractivity contribution in [3.8, 4) is 0 Å². The van der Waals surface area contributed by atoms with Crippen molar-refractivity contribution in [2.24, 2.45) is 0 Å². The van der Waals surface area contributed by atoms with Gasteiger partial charge in [-0.3, -0.25) is 9.59 Å². The highest BCUT2D eigenvalue weighted by atomic mass is 35.5. The van der Waals surface area contributed by atoms with Crippen LogP contribution >= 0.6 is 12.4 Å². The Morgan fingerprint density at radius 1 is 1.25 bits per heavy atom. The molecule has 2 saturated heterocycles. The van der Waals surface area contributed by atoms with Crippen molar-refractivity contribution in [3.05, 3.63) is 24.3 Å². The molecule has 0 aromatic heterocycles. The van der Waals surface area contributed by atoms with Gasteiger partial charge in [0.05, 0.1) is 11.4 Å². The summed E-state index contributed by atoms with van der Waals surface area (Å²) in [6.07, 6.45) is 1.91. The summed E-state index contributed by atoms with van der Waals surface area (Å²) in [6.45, 7) is 4.19. The minimum atomic E-state index is -3.63. The number of anilines is 1. The Hall–Kier alpha value is -1.68. The topological polar surface area (TPSA) is 98.8 Å². The molecule has 0 saturated carbocycles. The smallest absolute Gasteiger partial charge is 0.243 e. The Bertz CT molecular complexity index is 800. The summed E-state index contributed by atoms with van der Waals surface area (Å²) >= 11 is 0. The third-order valence-corrected chi connectivity index (χ3v) is 6.90. The molecule has 156 valence electrons. The van der Waals surface area contributed by atoms with Gasteiger partial charge in [-0.1, -0.05) is 6.92 Å². The van der Waals surface area contributed by atoms with E-state index < -0.39 is 10.0 Å². The lowest BCUT2D eigenvalue weighted by molar-refractivity contribution is -0.135. The van der Waals surface area contributed by atoms with E-state index in [0.29, 0.717) is 38.3 Å². The average molecular weight is 431 g/mol. The standard InChI is InChI=1S/C18H26N4O4S.ClH/c1-2-17(23)20-14-5-7-16(8-6-14)27(25,26)21-10-3-4-15(13-21)22-11-9-19-12-18(22)24;/h5-8,15,19H,2-4,9-13H2,1H3,(H,20,23);1H. The van der Waals surface area contributed by atoms with Crippen molar-refractivity contribution < 1.29 is 18.0 Å². The van der Waals surface area contributed by atoms with Gasteiger partial charge in [-0.2, -0.15) is 4.31 Å². The van der Waals surface area contributed by atoms with Crippen LogP contribution in [0, 0.1) is 0 Å². The highest BCUT2D eigenvalue weighted by Crippen LogP contribution is 2.24. The molecule has 1 atom stereocenters. The maximum Gasteiger partial charge on any atom is 0.243 e. The van der Waals surface area contributed by atoms with Crippen molar-refractivity contribution in [1.29, 1.82) is 0 Å². The van der Waals surface area contributed by atoms with Crippen LogP contribution in [0.15, 0.2) is 29.2 Å². The molecule has 1 aromatic rings. The Kier molecular flexibility index (Phi) is 7.82. The molecule has 2 aliphatic heterocycles. The molecule has 2 fully saturated rings. The normalized spacial score (nSPS) is 21.1. The maximum atomic E-state index is 13.0. The predicted molar refractivity (Wildman–Crippen MR) is 109 cm³/mol. The second-order valence-electron chi connectivity index (χ2n) is 6.85. The van der Waals surface area contributed by atoms with Crippen LogP contribution in [-0.4, -0.2) is 68.2 Å². The van der Waals surface area contributed by atoms with Crippen molar-refractivity contribution in [3.63, 3.8) is 0 Å². The fraction of sp³-hybridized carbons (Fsp3) is 0.556. The molecule has 0 bridgehead atoms. The zero-order valence-corrected chi connectivity index (χ0v) is 17.5. The van der Waals surface area contributed by atoms with Gasteiger partial charge in [0.1, 0.15) is 0 Å². The largest absolute Gasteiger partial charge is 0.336 e. The second-order valence-corrected chi connectivity index (χ2v) is 8.79. The zero-order valence-electron chi connectivity index (χ0n) is 15.9. The number of carbonyl (C=O) groups is 2. The number of benzene rings is 1. The molecule has 1 unspecified atom stereocenters. The Morgan fingerprint density at radius 2 is 1.96 bits per heavy atom. The fourth-order valence-corrected chi connectivity index (χ4v) is 5.03. The summed E-state index contributed by atoms with van der Waals surface area (Å²) in [5, 5.41) is 5.75. The number of rotatable bonds is 5. The minimum absolute atomic E-state index is 0. The maximum absolute atomic E-state index is 13.0. The van der Waals surface area contributed by atoms with Gasteiger partial charge in [-0.25, -0.2) is 8.42 Å². The highest BCUT2D eigenvalue weighted by molar-refractivity contribution is 7.89. The van der Waals surface area contributed by atoms with E-state index >= 15 is 0 Å². The summed E-state index contributed by atoms with van der Waals surface area (Å²) in [4.78, 5) is 25.6. The summed E-state index contributed by atoms with van der Waals surface area (Å²) in [7, 11) is -3.63. The number of halogens is 1. The van der Waals surface area contributed by atoms with Gasteiger partial charge < -0.3 is 15.5 Å². The SMILES string of the molecule is CCC(=O)Nc1ccc(S(=O)(=O)N2CCCC(N3CCNCC3=O)C2)cc1.Cl. The van der Waals surface area contributed by atoms with Crippen LogP contribution in [0.4, 0.5) is 5.69 Å². The van der Waals surface area contributed by atoms with Gasteiger partial charge in [0.15, 0.2) is 0 Å². The third kappa shape index (κ3) is 5.02. The number of nitrogens with zero attached hydrogens (tertiary/aromatic N) is 2. The molecule has 2 aliphatic rings. The van der Waals surface area contributed by atoms with Crippen molar-refractivity contribution in [2.45, 2.75) is 37.1 Å². The van der Waals surface area contributed by atoms with Crippen LogP contribution in [0.25, 0.3) is 0 Å². The molecule has 0 radical (unpaired) electrons. The average Bonchev–Trinajstić information content (AvgIpc) is 2.69. The molecule has 2 N–H and O–H groups in total. The van der Waals surface area contributed by atoms with Crippen LogP contribution < -0.4 is 10.6 Å². The number of nitrogens with one attached hydrogen (secondary N) is 2.